The minimum absolute atomic E-state index is 0.00471. The number of nitrogens with zero attached hydrogens (tertiary/aromatic N) is 2. The number of ether oxygens (including phenoxy) is 3. The number of halogens is 5. The first-order valence-electron chi connectivity index (χ1n) is 38.4. The molecule has 1 fully saturated rings. The molecular formula is C82H118F5N5O8. The van der Waals surface area contributed by atoms with Gasteiger partial charge < -0.3 is 34.7 Å². The highest BCUT2D eigenvalue weighted by Crippen LogP contribution is 2.47. The van der Waals surface area contributed by atoms with Crippen LogP contribution in [0.25, 0.3) is 0 Å². The Hall–Kier alpha value is -6.98. The Labute approximate surface area is 594 Å². The van der Waals surface area contributed by atoms with Crippen molar-refractivity contribution in [3.05, 3.63) is 138 Å². The smallest absolute Gasteiger partial charge is 0.287 e. The molecule has 0 saturated carbocycles. The average Bonchev–Trinajstić information content (AvgIpc) is 0.803. The molecule has 0 radical (unpaired) electrons. The van der Waals surface area contributed by atoms with Gasteiger partial charge in [-0.15, -0.1) is 0 Å². The molecule has 2 heterocycles. The Bertz CT molecular complexity index is 3220. The van der Waals surface area contributed by atoms with Crippen LogP contribution < -0.4 is 24.8 Å². The van der Waals surface area contributed by atoms with Crippen LogP contribution in [0, 0.1) is 66.9 Å². The maximum Gasteiger partial charge on any atom is 0.287 e. The second-order valence-corrected chi connectivity index (χ2v) is 28.2. The molecule has 3 N–H and O–H groups in total. The maximum atomic E-state index is 15.4. The fourth-order valence-electron chi connectivity index (χ4n) is 14.1. The van der Waals surface area contributed by atoms with Crippen LogP contribution in [0.5, 0.6) is 17.2 Å². The third kappa shape index (κ3) is 25.2. The molecule has 18 heteroatoms. The van der Waals surface area contributed by atoms with Gasteiger partial charge in [-0.3, -0.25) is 24.5 Å². The van der Waals surface area contributed by atoms with Gasteiger partial charge >= 0.3 is 0 Å². The van der Waals surface area contributed by atoms with E-state index in [0.717, 1.165) is 81.2 Å². The number of hydrogen-bond acceptors (Lipinski definition) is 8. The third-order valence-corrected chi connectivity index (χ3v) is 20.1. The summed E-state index contributed by atoms with van der Waals surface area (Å²) in [6, 6.07) is 12.3. The van der Waals surface area contributed by atoms with E-state index in [1.165, 1.54) is 173 Å². The number of carbonyl (C=O) groups excluding carboxylic acids is 3. The average molecular weight is 1400 g/mol. The quantitative estimate of drug-likeness (QED) is 0.00864. The standard InChI is InChI=1S/C82H118F5N5O8/c1-8-11-14-17-20-23-26-29-32-35-38-41-48-98-68-55-63(56-69(99-49-42-39-36-33-30-27-24-21-18-15-12-9-2)78(68)100-50-43-40-37-34-31-28-25-22-19-16-13-10-3)81(95)91-46-44-82(45-47-91,64-51-59(4)76(60(5)52-64)89-79(93)67-57-66(58-88-67)92(96)97)65-53-61(6)77(62(7)54-65)90-80(94)70-71(83)73(85)75(87)74(86)72(70)84/h51-58,88H,8-50H2,1-7H3,(H,89,93)(H,90,94). The van der Waals surface area contributed by atoms with Gasteiger partial charge in [0.25, 0.3) is 23.4 Å². The van der Waals surface area contributed by atoms with Crippen LogP contribution in [0.3, 0.4) is 0 Å². The molecule has 0 atom stereocenters. The summed E-state index contributed by atoms with van der Waals surface area (Å²) in [5.74, 6) is -12.2. The van der Waals surface area contributed by atoms with Gasteiger partial charge in [0, 0.05) is 41.5 Å². The molecule has 1 aromatic heterocycles. The Kier molecular flexibility index (Phi) is 36.4. The molecule has 1 aliphatic heterocycles. The number of hydrogen-bond donors (Lipinski definition) is 3. The number of aromatic amines is 1. The lowest BCUT2D eigenvalue weighted by Gasteiger charge is -2.44. The summed E-state index contributed by atoms with van der Waals surface area (Å²) in [4.78, 5) is 57.9. The summed E-state index contributed by atoms with van der Waals surface area (Å²) >= 11 is 0. The summed E-state index contributed by atoms with van der Waals surface area (Å²) in [7, 11) is 0. The Morgan fingerprint density at radius 2 is 0.780 bits per heavy atom. The van der Waals surface area contributed by atoms with E-state index in [1.54, 1.807) is 13.8 Å². The van der Waals surface area contributed by atoms with Crippen LogP contribution in [-0.4, -0.2) is 65.4 Å². The SMILES string of the molecule is CCCCCCCCCCCCCCOc1cc(C(=O)N2CCC(c3cc(C)c(NC(=O)c4cc([N+](=O)[O-])c[nH]4)c(C)c3)(c3cc(C)c(NC(=O)c4c(F)c(F)c(F)c(F)c4F)c(C)c3)CC2)cc(OCCCCCCCCCCCCCC)c1OCCCCCCCCCCCCCC. The first-order valence-corrected chi connectivity index (χ1v) is 38.4. The third-order valence-electron chi connectivity index (χ3n) is 20.1. The number of anilines is 2. The van der Waals surface area contributed by atoms with Gasteiger partial charge in [-0.1, -0.05) is 257 Å². The predicted molar refractivity (Wildman–Crippen MR) is 393 cm³/mol. The molecule has 4 aromatic carbocycles. The number of amides is 3. The molecule has 5 aromatic rings. The lowest BCUT2D eigenvalue weighted by atomic mass is 9.66. The molecule has 1 aliphatic rings. The summed E-state index contributed by atoms with van der Waals surface area (Å²) in [6.07, 6.45) is 45.5. The van der Waals surface area contributed by atoms with Gasteiger partial charge in [-0.2, -0.15) is 0 Å². The topological polar surface area (TPSA) is 165 Å². The normalized spacial score (nSPS) is 12.9. The molecule has 0 unspecified atom stereocenters. The minimum atomic E-state index is -2.38. The first kappa shape index (κ1) is 82.0. The van der Waals surface area contributed by atoms with Crippen LogP contribution in [-0.2, 0) is 5.41 Å². The van der Waals surface area contributed by atoms with Gasteiger partial charge in [0.2, 0.25) is 11.6 Å². The number of unbranched alkanes of at least 4 members (excludes halogenated alkanes) is 33. The zero-order chi connectivity index (χ0) is 72.2. The summed E-state index contributed by atoms with van der Waals surface area (Å²) in [6.45, 7) is 15.7. The Morgan fingerprint density at radius 3 is 1.12 bits per heavy atom. The summed E-state index contributed by atoms with van der Waals surface area (Å²) < 4.78 is 93.1. The highest BCUT2D eigenvalue weighted by atomic mass is 19.2. The van der Waals surface area contributed by atoms with Gasteiger partial charge in [0.15, 0.2) is 34.8 Å². The number of H-pyrrole nitrogens is 1. The second kappa shape index (κ2) is 44.4. The molecule has 6 rings (SSSR count). The number of aromatic nitrogens is 1. The molecule has 0 spiro atoms. The molecule has 3 amide bonds. The van der Waals surface area contributed by atoms with Crippen molar-refractivity contribution in [3.63, 3.8) is 0 Å². The Balaban J connectivity index is 1.28. The molecular weight excluding hydrogens is 1280 g/mol. The highest BCUT2D eigenvalue weighted by Gasteiger charge is 2.41. The number of likely N-dealkylation sites (tertiary alicyclic amines) is 1. The number of nitrogens with one attached hydrogen (secondary N) is 3. The van der Waals surface area contributed by atoms with Crippen LogP contribution in [0.2, 0.25) is 0 Å². The number of piperidine rings is 1. The molecule has 0 aliphatic carbocycles. The lowest BCUT2D eigenvalue weighted by Crippen LogP contribution is -2.46. The van der Waals surface area contributed by atoms with E-state index >= 15 is 13.6 Å². The fraction of sp³-hybridized carbons (Fsp3) is 0.622. The predicted octanol–water partition coefficient (Wildman–Crippen LogP) is 23.8. The molecule has 0 bridgehead atoms. The van der Waals surface area contributed by atoms with Crippen molar-refractivity contribution in [2.45, 2.75) is 298 Å². The zero-order valence-electron chi connectivity index (χ0n) is 61.6. The van der Waals surface area contributed by atoms with Crippen molar-refractivity contribution >= 4 is 34.8 Å². The van der Waals surface area contributed by atoms with Crippen LogP contribution in [0.15, 0.2) is 48.7 Å². The van der Waals surface area contributed by atoms with Gasteiger partial charge in [0.05, 0.1) is 30.9 Å². The zero-order valence-corrected chi connectivity index (χ0v) is 61.6. The van der Waals surface area contributed by atoms with Crippen molar-refractivity contribution in [1.82, 2.24) is 9.88 Å². The van der Waals surface area contributed by atoms with E-state index in [1.807, 2.05) is 55.1 Å². The van der Waals surface area contributed by atoms with Crippen molar-refractivity contribution in [1.29, 1.82) is 0 Å². The second-order valence-electron chi connectivity index (χ2n) is 28.2. The number of aryl methyl sites for hydroxylation is 4. The number of benzene rings is 4. The number of nitro groups is 1. The molecule has 100 heavy (non-hydrogen) atoms. The number of carbonyl (C=O) groups is 3. The van der Waals surface area contributed by atoms with E-state index in [4.69, 9.17) is 14.2 Å². The summed E-state index contributed by atoms with van der Waals surface area (Å²) in [5, 5.41) is 16.8. The number of rotatable bonds is 50. The van der Waals surface area contributed by atoms with E-state index in [-0.39, 0.29) is 36.1 Å². The van der Waals surface area contributed by atoms with Gasteiger partial charge in [0.1, 0.15) is 11.3 Å². The highest BCUT2D eigenvalue weighted by molar-refractivity contribution is 6.06. The van der Waals surface area contributed by atoms with Crippen molar-refractivity contribution in [3.8, 4) is 17.2 Å². The van der Waals surface area contributed by atoms with E-state index in [2.05, 4.69) is 36.4 Å². The van der Waals surface area contributed by atoms with E-state index in [0.29, 0.717) is 83.4 Å². The van der Waals surface area contributed by atoms with Crippen LogP contribution in [0.1, 0.15) is 329 Å². The van der Waals surface area contributed by atoms with Gasteiger partial charge in [-0.25, -0.2) is 22.0 Å². The molecule has 13 nitrogen and oxygen atoms in total. The van der Waals surface area contributed by atoms with Crippen molar-refractivity contribution in [2.24, 2.45) is 0 Å². The van der Waals surface area contributed by atoms with E-state index in [9.17, 15) is 32.9 Å². The van der Waals surface area contributed by atoms with Crippen LogP contribution in [0.4, 0.5) is 39.0 Å². The lowest BCUT2D eigenvalue weighted by molar-refractivity contribution is -0.384. The molecule has 554 valence electrons. The minimum Gasteiger partial charge on any atom is -0.490 e. The van der Waals surface area contributed by atoms with Crippen molar-refractivity contribution in [2.75, 3.05) is 43.5 Å². The fourth-order valence-corrected chi connectivity index (χ4v) is 14.1. The maximum absolute atomic E-state index is 15.4. The van der Waals surface area contributed by atoms with Gasteiger partial charge in [-0.05, 0) is 105 Å². The van der Waals surface area contributed by atoms with Crippen LogP contribution >= 0.6 is 0 Å². The largest absolute Gasteiger partial charge is 0.490 e. The summed E-state index contributed by atoms with van der Waals surface area (Å²) in [5.41, 5.74) is 2.05. The Morgan fingerprint density at radius 1 is 0.460 bits per heavy atom. The molecule has 1 saturated heterocycles. The first-order chi connectivity index (χ1) is 48.4. The monoisotopic (exact) mass is 1400 g/mol. The van der Waals surface area contributed by atoms with Crippen molar-refractivity contribution < 1.29 is 55.5 Å². The van der Waals surface area contributed by atoms with E-state index < -0.39 is 56.8 Å².